The van der Waals surface area contributed by atoms with Gasteiger partial charge in [-0.2, -0.15) is 40.5 Å². The molecule has 0 radical (unpaired) electrons. The van der Waals surface area contributed by atoms with Gasteiger partial charge < -0.3 is 5.11 Å². The fourth-order valence-electron chi connectivity index (χ4n) is 3.52. The Bertz CT molecular complexity index is 1970. The highest BCUT2D eigenvalue weighted by Gasteiger charge is 2.37. The molecule has 0 aliphatic carbocycles. The van der Waals surface area contributed by atoms with Gasteiger partial charge in [0.2, 0.25) is 5.71 Å². The first kappa shape index (κ1) is 29.5. The lowest BCUT2D eigenvalue weighted by molar-refractivity contribution is -0.129. The first-order valence-corrected chi connectivity index (χ1v) is 15.1. The van der Waals surface area contributed by atoms with Gasteiger partial charge in [0, 0.05) is 5.56 Å². The third-order valence-electron chi connectivity index (χ3n) is 5.44. The molecular formula is C22H16N4O12S3. The summed E-state index contributed by atoms with van der Waals surface area (Å²) in [6.07, 6.45) is 0. The summed E-state index contributed by atoms with van der Waals surface area (Å²) >= 11 is 0. The first-order valence-electron chi connectivity index (χ1n) is 10.7. The van der Waals surface area contributed by atoms with Crippen molar-refractivity contribution in [2.45, 2.75) is 14.7 Å². The molecule has 19 heteroatoms. The average Bonchev–Trinajstić information content (AvgIpc) is 3.22. The number of rotatable bonds is 8. The Morgan fingerprint density at radius 1 is 0.756 bits per heavy atom. The van der Waals surface area contributed by atoms with Gasteiger partial charge in [0.25, 0.3) is 30.4 Å². The summed E-state index contributed by atoms with van der Waals surface area (Å²) in [4.78, 5) is 23.3. The Balaban J connectivity index is 1.74. The van der Waals surface area contributed by atoms with Crippen LogP contribution in [0, 0.1) is 0 Å². The van der Waals surface area contributed by atoms with Gasteiger partial charge in [-0.3, -0.25) is 23.9 Å². The molecule has 41 heavy (non-hydrogen) atoms. The summed E-state index contributed by atoms with van der Waals surface area (Å²) in [5.74, 6) is -2.71. The molecule has 0 aromatic heterocycles. The van der Waals surface area contributed by atoms with E-state index in [1.807, 2.05) is 0 Å². The van der Waals surface area contributed by atoms with Crippen molar-refractivity contribution in [3.63, 3.8) is 0 Å². The van der Waals surface area contributed by atoms with Gasteiger partial charge >= 0.3 is 11.9 Å². The number of amides is 1. The zero-order chi connectivity index (χ0) is 30.3. The molecule has 0 spiro atoms. The number of carboxylic acid groups (broad SMARTS) is 1. The topological polar surface area (TPSA) is 257 Å². The quantitative estimate of drug-likeness (QED) is 0.175. The number of anilines is 2. The number of carboxylic acids is 1. The molecule has 4 rings (SSSR count). The highest BCUT2D eigenvalue weighted by molar-refractivity contribution is 7.86. The van der Waals surface area contributed by atoms with E-state index in [0.717, 1.165) is 54.6 Å². The van der Waals surface area contributed by atoms with Gasteiger partial charge in [-0.15, -0.1) is 0 Å². The van der Waals surface area contributed by atoms with E-state index in [-0.39, 0.29) is 22.5 Å². The number of benzene rings is 3. The summed E-state index contributed by atoms with van der Waals surface area (Å²) in [6.45, 7) is 0. The zero-order valence-electron chi connectivity index (χ0n) is 20.0. The lowest BCUT2D eigenvalue weighted by atomic mass is 10.0. The average molecular weight is 625 g/mol. The maximum absolute atomic E-state index is 13.0. The summed E-state index contributed by atoms with van der Waals surface area (Å²) < 4.78 is 96.5. The van der Waals surface area contributed by atoms with Crippen molar-refractivity contribution in [2.24, 2.45) is 10.2 Å². The van der Waals surface area contributed by atoms with Crippen LogP contribution in [0.1, 0.15) is 0 Å². The van der Waals surface area contributed by atoms with Crippen molar-refractivity contribution in [1.29, 1.82) is 0 Å². The summed E-state index contributed by atoms with van der Waals surface area (Å²) in [6, 6.07) is 11.6. The maximum Gasteiger partial charge on any atom is 0.358 e. The van der Waals surface area contributed by atoms with E-state index in [2.05, 4.69) is 15.6 Å². The maximum atomic E-state index is 13.0. The van der Waals surface area contributed by atoms with E-state index in [9.17, 15) is 49.1 Å². The first-order chi connectivity index (χ1) is 19.0. The smallest absolute Gasteiger partial charge is 0.358 e. The molecular weight excluding hydrogens is 608 g/mol. The van der Waals surface area contributed by atoms with Crippen molar-refractivity contribution < 1.29 is 53.6 Å². The predicted octanol–water partition coefficient (Wildman–Crippen LogP) is 1.35. The Morgan fingerprint density at radius 2 is 1.24 bits per heavy atom. The molecule has 1 heterocycles. The Hall–Kier alpha value is -4.53. The van der Waals surface area contributed by atoms with Gasteiger partial charge in [-0.1, -0.05) is 12.1 Å². The molecule has 3 aromatic carbocycles. The number of carbonyl (C=O) groups excluding carboxylic acids is 1. The van der Waals surface area contributed by atoms with Crippen LogP contribution in [-0.2, 0) is 39.9 Å². The lowest BCUT2D eigenvalue weighted by Gasteiger charge is -2.13. The van der Waals surface area contributed by atoms with E-state index in [4.69, 9.17) is 4.55 Å². The fraction of sp³-hybridized carbons (Fsp3) is 0. The molecule has 1 amide bonds. The number of aliphatic carboxylic acids is 1. The standard InChI is InChI=1S/C22H16N4O12S3/c27-21-19(20(22(28)29)25-26(21)13-3-7-15(8-4-13)40(33,34)35)24-23-18-10-9-16(41(36,37)38)11-17(18)12-1-5-14(6-2-12)39(30,31)32/h1-11,23H,(H,28,29)(H,30,31,32)(H,33,34,35)(H,36,37,38)/b24-19-. The minimum Gasteiger partial charge on any atom is -0.476 e. The molecule has 0 saturated carbocycles. The molecule has 0 atom stereocenters. The summed E-state index contributed by atoms with van der Waals surface area (Å²) in [5.41, 5.74) is 0.988. The van der Waals surface area contributed by atoms with Gasteiger partial charge in [0.15, 0.2) is 5.71 Å². The van der Waals surface area contributed by atoms with Crippen LogP contribution < -0.4 is 10.4 Å². The van der Waals surface area contributed by atoms with Crippen LogP contribution in [0.3, 0.4) is 0 Å². The Labute approximate surface area is 231 Å². The van der Waals surface area contributed by atoms with Gasteiger partial charge in [-0.05, 0) is 60.2 Å². The van der Waals surface area contributed by atoms with Crippen LogP contribution in [-0.4, -0.2) is 67.3 Å². The van der Waals surface area contributed by atoms with Crippen LogP contribution in [0.25, 0.3) is 11.1 Å². The third-order valence-corrected chi connectivity index (χ3v) is 8.03. The normalized spacial score (nSPS) is 15.2. The molecule has 1 aliphatic rings. The number of carbonyl (C=O) groups is 2. The second-order valence-electron chi connectivity index (χ2n) is 8.09. The van der Waals surface area contributed by atoms with Gasteiger partial charge in [-0.25, -0.2) is 4.79 Å². The monoisotopic (exact) mass is 624 g/mol. The minimum absolute atomic E-state index is 0.00304. The van der Waals surface area contributed by atoms with Crippen LogP contribution in [0.5, 0.6) is 0 Å². The number of hydrazone groups is 2. The lowest BCUT2D eigenvalue weighted by Crippen LogP contribution is -2.30. The van der Waals surface area contributed by atoms with Crippen LogP contribution in [0.4, 0.5) is 11.4 Å². The largest absolute Gasteiger partial charge is 0.476 e. The molecule has 3 aromatic rings. The van der Waals surface area contributed by atoms with Gasteiger partial charge in [0.1, 0.15) is 0 Å². The number of nitrogens with one attached hydrogen (secondary N) is 1. The molecule has 1 aliphatic heterocycles. The van der Waals surface area contributed by atoms with Crippen molar-refractivity contribution >= 4 is 65.0 Å². The Kier molecular flexibility index (Phi) is 7.52. The molecule has 214 valence electrons. The van der Waals surface area contributed by atoms with Crippen molar-refractivity contribution in [3.8, 4) is 11.1 Å². The third kappa shape index (κ3) is 6.29. The number of nitrogens with zero attached hydrogens (tertiary/aromatic N) is 3. The second-order valence-corrected chi connectivity index (χ2v) is 12.4. The number of hydrogen-bond donors (Lipinski definition) is 5. The van der Waals surface area contributed by atoms with Crippen molar-refractivity contribution in [1.82, 2.24) is 0 Å². The van der Waals surface area contributed by atoms with E-state index < -0.39 is 68.3 Å². The van der Waals surface area contributed by atoms with Crippen LogP contribution in [0.15, 0.2) is 91.6 Å². The highest BCUT2D eigenvalue weighted by atomic mass is 32.2. The second kappa shape index (κ2) is 10.5. The molecule has 0 bridgehead atoms. The Morgan fingerprint density at radius 3 is 1.73 bits per heavy atom. The fourth-order valence-corrected chi connectivity index (χ4v) is 4.98. The molecule has 0 saturated heterocycles. The minimum atomic E-state index is -4.70. The van der Waals surface area contributed by atoms with E-state index in [1.165, 1.54) is 12.1 Å². The van der Waals surface area contributed by atoms with Crippen LogP contribution >= 0.6 is 0 Å². The predicted molar refractivity (Wildman–Crippen MR) is 141 cm³/mol. The van der Waals surface area contributed by atoms with E-state index in [1.54, 1.807) is 0 Å². The molecule has 0 unspecified atom stereocenters. The number of hydrogen-bond acceptors (Lipinski definition) is 11. The molecule has 5 N–H and O–H groups in total. The van der Waals surface area contributed by atoms with E-state index >= 15 is 0 Å². The molecule has 0 fully saturated rings. The van der Waals surface area contributed by atoms with Crippen LogP contribution in [0.2, 0.25) is 0 Å². The van der Waals surface area contributed by atoms with Crippen molar-refractivity contribution in [3.05, 3.63) is 66.7 Å². The highest BCUT2D eigenvalue weighted by Crippen LogP contribution is 2.32. The van der Waals surface area contributed by atoms with Gasteiger partial charge in [0.05, 0.1) is 26.1 Å². The SMILES string of the molecule is O=C(O)C1=NN(c2ccc(S(=O)(=O)O)cc2)C(=O)/C1=N\Nc1ccc(S(=O)(=O)O)cc1-c1ccc(S(=O)(=O)O)cc1. The summed E-state index contributed by atoms with van der Waals surface area (Å²) in [5, 5.41) is 17.7. The zero-order valence-corrected chi connectivity index (χ0v) is 22.4. The van der Waals surface area contributed by atoms with Crippen molar-refractivity contribution in [2.75, 3.05) is 10.4 Å². The summed E-state index contributed by atoms with van der Waals surface area (Å²) in [7, 11) is -13.8. The molecule has 16 nitrogen and oxygen atoms in total. The van der Waals surface area contributed by atoms with E-state index in [0.29, 0.717) is 5.01 Å².